The van der Waals surface area contributed by atoms with Crippen LogP contribution in [0, 0.1) is 5.41 Å². The Morgan fingerprint density at radius 1 is 1.16 bits per heavy atom. The standard InChI is InChI=1S/C18H20ClNO4S/c1-24-14-6-2-12(3-7-14)16-17(18(16,10-20)11-21)25(22,23)15-8-4-13(19)5-9-15/h2-9,16-17,21H,10-11,20H2,1H3/t16-,17-,18-/m1/s1. The van der Waals surface area contributed by atoms with Gasteiger partial charge >= 0.3 is 0 Å². The highest BCUT2D eigenvalue weighted by Crippen LogP contribution is 2.63. The number of nitrogens with two attached hydrogens (primary N) is 1. The van der Waals surface area contributed by atoms with Gasteiger partial charge in [0.15, 0.2) is 9.84 Å². The molecule has 5 nitrogen and oxygen atoms in total. The van der Waals surface area contributed by atoms with E-state index in [-0.39, 0.29) is 24.0 Å². The molecule has 0 unspecified atom stereocenters. The number of aliphatic hydroxyl groups is 1. The molecule has 1 fully saturated rings. The molecule has 3 atom stereocenters. The van der Waals surface area contributed by atoms with Crippen molar-refractivity contribution in [2.24, 2.45) is 11.1 Å². The molecule has 1 saturated carbocycles. The van der Waals surface area contributed by atoms with Gasteiger partial charge < -0.3 is 15.6 Å². The zero-order chi connectivity index (χ0) is 18.2. The molecule has 2 aromatic rings. The predicted octanol–water partition coefficient (Wildman–Crippen LogP) is 2.23. The average Bonchev–Trinajstić information content (AvgIpc) is 3.33. The van der Waals surface area contributed by atoms with Crippen molar-refractivity contribution in [2.45, 2.75) is 16.1 Å². The number of aliphatic hydroxyl groups excluding tert-OH is 1. The van der Waals surface area contributed by atoms with E-state index in [0.717, 1.165) is 5.56 Å². The number of sulfone groups is 1. The molecule has 0 radical (unpaired) electrons. The first-order valence-electron chi connectivity index (χ1n) is 7.85. The summed E-state index contributed by atoms with van der Waals surface area (Å²) in [7, 11) is -2.09. The Labute approximate surface area is 152 Å². The minimum Gasteiger partial charge on any atom is -0.497 e. The molecule has 1 aliphatic carbocycles. The van der Waals surface area contributed by atoms with Gasteiger partial charge in [0.2, 0.25) is 0 Å². The number of hydrogen-bond acceptors (Lipinski definition) is 5. The van der Waals surface area contributed by atoms with Gasteiger partial charge in [-0.2, -0.15) is 0 Å². The van der Waals surface area contributed by atoms with Gasteiger partial charge in [-0.25, -0.2) is 8.42 Å². The van der Waals surface area contributed by atoms with Crippen LogP contribution in [0.4, 0.5) is 0 Å². The number of benzene rings is 2. The van der Waals surface area contributed by atoms with Crippen LogP contribution in [-0.2, 0) is 9.84 Å². The Bertz CT molecular complexity index is 846. The van der Waals surface area contributed by atoms with Crippen LogP contribution in [0.25, 0.3) is 0 Å². The Hall–Kier alpha value is -1.60. The molecule has 134 valence electrons. The third-order valence-corrected chi connectivity index (χ3v) is 7.60. The molecule has 3 N–H and O–H groups in total. The van der Waals surface area contributed by atoms with Crippen molar-refractivity contribution in [3.8, 4) is 5.75 Å². The summed E-state index contributed by atoms with van der Waals surface area (Å²) in [5, 5.41) is 9.62. The fourth-order valence-corrected chi connectivity index (χ4v) is 6.10. The van der Waals surface area contributed by atoms with Crippen molar-refractivity contribution in [2.75, 3.05) is 20.3 Å². The van der Waals surface area contributed by atoms with Crippen LogP contribution < -0.4 is 10.5 Å². The second-order valence-corrected chi connectivity index (χ2v) is 8.77. The lowest BCUT2D eigenvalue weighted by Gasteiger charge is -2.12. The molecular formula is C18H20ClNO4S. The summed E-state index contributed by atoms with van der Waals surface area (Å²) < 4.78 is 31.4. The summed E-state index contributed by atoms with van der Waals surface area (Å²) in [4.78, 5) is 0.184. The second-order valence-electron chi connectivity index (χ2n) is 6.27. The van der Waals surface area contributed by atoms with Gasteiger partial charge in [0.1, 0.15) is 5.75 Å². The first-order valence-corrected chi connectivity index (χ1v) is 9.77. The van der Waals surface area contributed by atoms with Gasteiger partial charge in [-0.3, -0.25) is 0 Å². The van der Waals surface area contributed by atoms with Crippen molar-refractivity contribution >= 4 is 21.4 Å². The van der Waals surface area contributed by atoms with E-state index in [0.29, 0.717) is 10.8 Å². The molecule has 0 bridgehead atoms. The maximum absolute atomic E-state index is 13.1. The Morgan fingerprint density at radius 2 is 1.76 bits per heavy atom. The second kappa shape index (κ2) is 6.61. The zero-order valence-corrected chi connectivity index (χ0v) is 15.3. The SMILES string of the molecule is COc1ccc([C@@H]2[C@@H](S(=O)(=O)c3ccc(Cl)cc3)[C@]2(CN)CO)cc1. The first-order chi connectivity index (χ1) is 11.9. The average molecular weight is 382 g/mol. The summed E-state index contributed by atoms with van der Waals surface area (Å²) in [6.45, 7) is -0.213. The molecule has 0 amide bonds. The summed E-state index contributed by atoms with van der Waals surface area (Å²) in [6.07, 6.45) is 0. The molecule has 0 spiro atoms. The molecule has 25 heavy (non-hydrogen) atoms. The van der Waals surface area contributed by atoms with E-state index < -0.39 is 20.5 Å². The molecule has 7 heteroatoms. The van der Waals surface area contributed by atoms with Gasteiger partial charge in [-0.05, 0) is 42.0 Å². The molecular weight excluding hydrogens is 362 g/mol. The normalized spacial score (nSPS) is 25.6. The Morgan fingerprint density at radius 3 is 2.24 bits per heavy atom. The lowest BCUT2D eigenvalue weighted by molar-refractivity contribution is 0.212. The van der Waals surface area contributed by atoms with E-state index in [4.69, 9.17) is 22.1 Å². The summed E-state index contributed by atoms with van der Waals surface area (Å²) in [5.41, 5.74) is 5.82. The number of hydrogen-bond donors (Lipinski definition) is 2. The maximum atomic E-state index is 13.1. The van der Waals surface area contributed by atoms with Gasteiger partial charge in [-0.15, -0.1) is 0 Å². The smallest absolute Gasteiger partial charge is 0.182 e. The quantitative estimate of drug-likeness (QED) is 0.800. The van der Waals surface area contributed by atoms with E-state index in [9.17, 15) is 13.5 Å². The van der Waals surface area contributed by atoms with Crippen molar-refractivity contribution in [1.82, 2.24) is 0 Å². The number of ether oxygens (including phenoxy) is 1. The monoisotopic (exact) mass is 381 g/mol. The minimum absolute atomic E-state index is 0.0810. The van der Waals surface area contributed by atoms with Crippen LogP contribution >= 0.6 is 11.6 Å². The van der Waals surface area contributed by atoms with Crippen molar-refractivity contribution in [3.05, 3.63) is 59.1 Å². The van der Waals surface area contributed by atoms with E-state index in [1.54, 1.807) is 31.4 Å². The predicted molar refractivity (Wildman–Crippen MR) is 96.7 cm³/mol. The minimum atomic E-state index is -3.66. The first kappa shape index (κ1) is 18.2. The third kappa shape index (κ3) is 2.93. The highest BCUT2D eigenvalue weighted by Gasteiger charge is 2.70. The van der Waals surface area contributed by atoms with Crippen LogP contribution in [-0.4, -0.2) is 39.0 Å². The Kier molecular flexibility index (Phi) is 4.81. The topological polar surface area (TPSA) is 89.6 Å². The molecule has 0 aromatic heterocycles. The summed E-state index contributed by atoms with van der Waals surface area (Å²) in [5.74, 6) is 0.318. The third-order valence-electron chi connectivity index (χ3n) is 5.01. The van der Waals surface area contributed by atoms with E-state index in [2.05, 4.69) is 0 Å². The summed E-state index contributed by atoms with van der Waals surface area (Å²) >= 11 is 5.85. The van der Waals surface area contributed by atoms with Crippen LogP contribution in [0.1, 0.15) is 11.5 Å². The lowest BCUT2D eigenvalue weighted by atomic mass is 10.00. The van der Waals surface area contributed by atoms with Crippen LogP contribution in [0.2, 0.25) is 5.02 Å². The molecule has 0 aliphatic heterocycles. The van der Waals surface area contributed by atoms with Gasteiger partial charge in [0, 0.05) is 22.9 Å². The lowest BCUT2D eigenvalue weighted by Crippen LogP contribution is -2.27. The van der Waals surface area contributed by atoms with Crippen molar-refractivity contribution in [1.29, 1.82) is 0 Å². The van der Waals surface area contributed by atoms with Gasteiger partial charge in [0.05, 0.1) is 23.9 Å². The molecule has 0 heterocycles. The molecule has 1 aliphatic rings. The largest absolute Gasteiger partial charge is 0.497 e. The zero-order valence-electron chi connectivity index (χ0n) is 13.7. The van der Waals surface area contributed by atoms with E-state index >= 15 is 0 Å². The number of halogens is 1. The molecule has 3 rings (SSSR count). The number of rotatable bonds is 6. The fraction of sp³-hybridized carbons (Fsp3) is 0.333. The Balaban J connectivity index is 2.02. The van der Waals surface area contributed by atoms with Crippen LogP contribution in [0.5, 0.6) is 5.75 Å². The summed E-state index contributed by atoms with van der Waals surface area (Å²) in [6, 6.07) is 13.3. The van der Waals surface area contributed by atoms with Crippen molar-refractivity contribution < 1.29 is 18.3 Å². The van der Waals surface area contributed by atoms with Crippen molar-refractivity contribution in [3.63, 3.8) is 0 Å². The maximum Gasteiger partial charge on any atom is 0.182 e. The van der Waals surface area contributed by atoms with E-state index in [1.165, 1.54) is 12.1 Å². The fourth-order valence-electron chi connectivity index (χ4n) is 3.53. The van der Waals surface area contributed by atoms with E-state index in [1.807, 2.05) is 12.1 Å². The van der Waals surface area contributed by atoms with Gasteiger partial charge in [0.25, 0.3) is 0 Å². The van der Waals surface area contributed by atoms with Gasteiger partial charge in [-0.1, -0.05) is 23.7 Å². The van der Waals surface area contributed by atoms with Crippen LogP contribution in [0.3, 0.4) is 0 Å². The number of methoxy groups -OCH3 is 1. The molecule has 2 aromatic carbocycles. The highest BCUT2D eigenvalue weighted by atomic mass is 35.5. The molecule has 0 saturated heterocycles. The van der Waals surface area contributed by atoms with Crippen LogP contribution in [0.15, 0.2) is 53.4 Å². The highest BCUT2D eigenvalue weighted by molar-refractivity contribution is 7.92.